The summed E-state index contributed by atoms with van der Waals surface area (Å²) in [5, 5.41) is 6.77. The average molecular weight is 561 g/mol. The van der Waals surface area contributed by atoms with E-state index in [-0.39, 0.29) is 18.1 Å². The van der Waals surface area contributed by atoms with Crippen LogP contribution >= 0.6 is 0 Å². The van der Waals surface area contributed by atoms with Crippen molar-refractivity contribution in [3.8, 4) is 5.88 Å². The van der Waals surface area contributed by atoms with Gasteiger partial charge in [-0.1, -0.05) is 38.5 Å². The molecule has 0 radical (unpaired) electrons. The highest BCUT2D eigenvalue weighted by molar-refractivity contribution is 5.96. The van der Waals surface area contributed by atoms with Crippen LogP contribution in [0.2, 0.25) is 0 Å². The van der Waals surface area contributed by atoms with Crippen LogP contribution in [-0.2, 0) is 13.0 Å². The molecule has 1 saturated heterocycles. The van der Waals surface area contributed by atoms with Crippen molar-refractivity contribution in [1.82, 2.24) is 19.8 Å². The molecule has 41 heavy (non-hydrogen) atoms. The molecule has 0 aliphatic carbocycles. The number of anilines is 4. The van der Waals surface area contributed by atoms with Gasteiger partial charge in [-0.3, -0.25) is 9.69 Å². The van der Waals surface area contributed by atoms with E-state index in [4.69, 9.17) is 16.2 Å². The molecule has 220 valence electrons. The predicted molar refractivity (Wildman–Crippen MR) is 166 cm³/mol. The van der Waals surface area contributed by atoms with Crippen molar-refractivity contribution in [3.05, 3.63) is 65.5 Å². The maximum absolute atomic E-state index is 12.2. The lowest BCUT2D eigenvalue weighted by Gasteiger charge is -2.38. The second-order valence-corrected chi connectivity index (χ2v) is 10.6. The Morgan fingerprint density at radius 3 is 2.37 bits per heavy atom. The lowest BCUT2D eigenvalue weighted by atomic mass is 10.1. The Labute approximate surface area is 243 Å². The van der Waals surface area contributed by atoms with E-state index < -0.39 is 5.91 Å². The van der Waals surface area contributed by atoms with E-state index in [9.17, 15) is 4.79 Å². The highest BCUT2D eigenvalue weighted by Crippen LogP contribution is 2.26. The molecule has 1 aliphatic heterocycles. The van der Waals surface area contributed by atoms with E-state index in [1.54, 1.807) is 0 Å². The van der Waals surface area contributed by atoms with Gasteiger partial charge in [-0.2, -0.15) is 4.98 Å². The number of piperazine rings is 1. The van der Waals surface area contributed by atoms with Gasteiger partial charge < -0.3 is 31.7 Å². The average Bonchev–Trinajstić information content (AvgIpc) is 2.97. The van der Waals surface area contributed by atoms with Crippen LogP contribution in [0, 0.1) is 0 Å². The van der Waals surface area contributed by atoms with E-state index in [0.29, 0.717) is 29.7 Å². The molecule has 0 bridgehead atoms. The summed E-state index contributed by atoms with van der Waals surface area (Å²) in [5.74, 6) is -0.0709. The fourth-order valence-electron chi connectivity index (χ4n) is 5.09. The predicted octanol–water partition coefficient (Wildman–Crippen LogP) is 4.26. The Bertz CT molecular complexity index is 1280. The van der Waals surface area contributed by atoms with Crippen molar-refractivity contribution in [3.63, 3.8) is 0 Å². The molecular weight excluding hydrogens is 516 g/mol. The Morgan fingerprint density at radius 1 is 1.00 bits per heavy atom. The third-order valence-electron chi connectivity index (χ3n) is 7.55. The highest BCUT2D eigenvalue weighted by Gasteiger charge is 2.22. The van der Waals surface area contributed by atoms with E-state index in [1.165, 1.54) is 12.8 Å². The van der Waals surface area contributed by atoms with Gasteiger partial charge in [-0.05, 0) is 56.6 Å². The topological polar surface area (TPSA) is 135 Å². The normalized spacial score (nSPS) is 14.9. The molecule has 0 saturated carbocycles. The maximum atomic E-state index is 12.2. The fraction of sp³-hybridized carbons (Fsp3) is 0.452. The first kappa shape index (κ1) is 30.1. The number of ether oxygens (including phenoxy) is 1. The molecule has 1 aromatic heterocycles. The summed E-state index contributed by atoms with van der Waals surface area (Å²) in [4.78, 5) is 26.4. The second-order valence-electron chi connectivity index (χ2n) is 10.6. The zero-order valence-corrected chi connectivity index (χ0v) is 24.5. The summed E-state index contributed by atoms with van der Waals surface area (Å²) in [6.45, 7) is 9.90. The number of nitrogens with zero attached hydrogens (tertiary/aromatic N) is 4. The molecule has 2 heterocycles. The molecule has 4 rings (SSSR count). The first-order chi connectivity index (χ1) is 19.9. The summed E-state index contributed by atoms with van der Waals surface area (Å²) in [7, 11) is 2.20. The smallest absolute Gasteiger partial charge is 0.271 e. The number of benzene rings is 2. The van der Waals surface area contributed by atoms with Gasteiger partial charge in [-0.15, -0.1) is 0 Å². The number of likely N-dealkylation sites (N-methyl/N-ethyl adjacent to an activating group) is 1. The molecule has 10 nitrogen and oxygen atoms in total. The van der Waals surface area contributed by atoms with Crippen molar-refractivity contribution in [2.75, 3.05) is 56.1 Å². The molecule has 1 unspecified atom stereocenters. The monoisotopic (exact) mass is 560 g/mol. The Hall–Kier alpha value is -3.89. The number of aryl methyl sites for hydroxylation is 1. The SMILES string of the molecule is CCCC(CCNc1ccc(Nc2nc(OCc3ccccc3N)c(CC)nc2C(N)=O)cc1)N1CCN(C)CC1. The van der Waals surface area contributed by atoms with Crippen LogP contribution in [-0.4, -0.2) is 71.5 Å². The molecule has 1 amide bonds. The van der Waals surface area contributed by atoms with E-state index >= 15 is 0 Å². The quantitative estimate of drug-likeness (QED) is 0.213. The van der Waals surface area contributed by atoms with Gasteiger partial charge in [0.1, 0.15) is 12.3 Å². The molecular formula is C31H44N8O2. The maximum Gasteiger partial charge on any atom is 0.271 e. The minimum Gasteiger partial charge on any atom is -0.471 e. The molecule has 10 heteroatoms. The minimum atomic E-state index is -0.658. The van der Waals surface area contributed by atoms with E-state index in [0.717, 1.165) is 56.1 Å². The van der Waals surface area contributed by atoms with Crippen LogP contribution in [0.5, 0.6) is 5.88 Å². The van der Waals surface area contributed by atoms with Crippen LogP contribution < -0.4 is 26.8 Å². The van der Waals surface area contributed by atoms with Crippen LogP contribution in [0.1, 0.15) is 54.9 Å². The van der Waals surface area contributed by atoms with Gasteiger partial charge >= 0.3 is 0 Å². The summed E-state index contributed by atoms with van der Waals surface area (Å²) in [6, 6.07) is 16.0. The van der Waals surface area contributed by atoms with Crippen molar-refractivity contribution >= 4 is 28.8 Å². The Kier molecular flexibility index (Phi) is 10.8. The summed E-state index contributed by atoms with van der Waals surface area (Å²) < 4.78 is 6.00. The number of amides is 1. The van der Waals surface area contributed by atoms with Crippen molar-refractivity contribution in [2.45, 2.75) is 52.2 Å². The van der Waals surface area contributed by atoms with Gasteiger partial charge in [0.15, 0.2) is 11.5 Å². The molecule has 1 fully saturated rings. The third-order valence-corrected chi connectivity index (χ3v) is 7.55. The number of hydrogen-bond acceptors (Lipinski definition) is 9. The largest absolute Gasteiger partial charge is 0.471 e. The van der Waals surface area contributed by atoms with E-state index in [1.807, 2.05) is 55.5 Å². The zero-order valence-electron chi connectivity index (χ0n) is 24.5. The van der Waals surface area contributed by atoms with Gasteiger partial charge in [0.2, 0.25) is 5.88 Å². The summed E-state index contributed by atoms with van der Waals surface area (Å²) in [5.41, 5.74) is 15.6. The van der Waals surface area contributed by atoms with Crippen molar-refractivity contribution in [1.29, 1.82) is 0 Å². The van der Waals surface area contributed by atoms with Crippen LogP contribution in [0.4, 0.5) is 22.9 Å². The number of primary amides is 1. The molecule has 1 aliphatic rings. The zero-order chi connectivity index (χ0) is 29.2. The number of rotatable bonds is 14. The summed E-state index contributed by atoms with van der Waals surface area (Å²) >= 11 is 0. The number of para-hydroxylation sites is 1. The molecule has 6 N–H and O–H groups in total. The fourth-order valence-corrected chi connectivity index (χ4v) is 5.09. The van der Waals surface area contributed by atoms with Crippen molar-refractivity contribution in [2.24, 2.45) is 5.73 Å². The van der Waals surface area contributed by atoms with Gasteiger partial charge in [0.25, 0.3) is 5.91 Å². The second kappa shape index (κ2) is 14.7. The molecule has 2 aromatic carbocycles. The van der Waals surface area contributed by atoms with Crippen LogP contribution in [0.15, 0.2) is 48.5 Å². The first-order valence-corrected chi connectivity index (χ1v) is 14.6. The number of hydrogen-bond donors (Lipinski definition) is 4. The number of aromatic nitrogens is 2. The first-order valence-electron chi connectivity index (χ1n) is 14.6. The number of nitrogens with one attached hydrogen (secondary N) is 2. The number of carbonyl (C=O) groups excluding carboxylic acids is 1. The van der Waals surface area contributed by atoms with Crippen LogP contribution in [0.3, 0.4) is 0 Å². The number of carbonyl (C=O) groups is 1. The van der Waals surface area contributed by atoms with Gasteiger partial charge in [-0.25, -0.2) is 4.98 Å². The Balaban J connectivity index is 1.40. The summed E-state index contributed by atoms with van der Waals surface area (Å²) in [6.07, 6.45) is 4.05. The minimum absolute atomic E-state index is 0.0708. The molecule has 0 spiro atoms. The lowest BCUT2D eigenvalue weighted by Crippen LogP contribution is -2.49. The van der Waals surface area contributed by atoms with Gasteiger partial charge in [0, 0.05) is 61.4 Å². The number of nitrogens with two attached hydrogens (primary N) is 2. The van der Waals surface area contributed by atoms with Crippen molar-refractivity contribution < 1.29 is 9.53 Å². The van der Waals surface area contributed by atoms with Crippen LogP contribution in [0.25, 0.3) is 0 Å². The standard InChI is InChI=1S/C31H44N8O2/c1-4-8-25(39-19-17-38(3)18-20-39)15-16-34-23-11-13-24(14-12-23)35-30-28(29(33)40)36-27(5-2)31(37-30)41-21-22-9-6-7-10-26(22)32/h6-7,9-14,25,34H,4-5,8,15-21,32H2,1-3H3,(H2,33,40)(H,35,37). The highest BCUT2D eigenvalue weighted by atomic mass is 16.5. The van der Waals surface area contributed by atoms with Gasteiger partial charge in [0.05, 0.1) is 0 Å². The third kappa shape index (κ3) is 8.31. The lowest BCUT2D eigenvalue weighted by molar-refractivity contribution is 0.0995. The molecule has 3 aromatic rings. The number of nitrogen functional groups attached to an aromatic ring is 1. The molecule has 1 atom stereocenters. The Morgan fingerprint density at radius 2 is 1.71 bits per heavy atom. The van der Waals surface area contributed by atoms with E-state index in [2.05, 4.69) is 44.4 Å².